The van der Waals surface area contributed by atoms with Gasteiger partial charge in [-0.2, -0.15) is 13.2 Å². The van der Waals surface area contributed by atoms with Crippen molar-refractivity contribution in [3.05, 3.63) is 0 Å². The zero-order valence-electron chi connectivity index (χ0n) is 12.6. The van der Waals surface area contributed by atoms with Gasteiger partial charge in [0.15, 0.2) is 0 Å². The van der Waals surface area contributed by atoms with Crippen molar-refractivity contribution in [3.63, 3.8) is 0 Å². The second kappa shape index (κ2) is 11.0. The number of carbonyl (C=O) groups is 1. The molecule has 0 rings (SSSR count). The first kappa shape index (κ1) is 19.3. The first-order valence-electron chi connectivity index (χ1n) is 7.69. The van der Waals surface area contributed by atoms with E-state index >= 15 is 0 Å². The Hall–Kier alpha value is -0.740. The molecule has 5 heteroatoms. The van der Waals surface area contributed by atoms with E-state index in [0.717, 1.165) is 19.3 Å². The van der Waals surface area contributed by atoms with E-state index < -0.39 is 18.2 Å². The third kappa shape index (κ3) is 10.1. The summed E-state index contributed by atoms with van der Waals surface area (Å²) in [6.07, 6.45) is 4.02. The zero-order chi connectivity index (χ0) is 15.4. The summed E-state index contributed by atoms with van der Waals surface area (Å²) in [4.78, 5) is 10.8. The van der Waals surface area contributed by atoms with Gasteiger partial charge in [-0.15, -0.1) is 0 Å². The SMILES string of the molecule is CCCCCCCCCC(CCC)OC(=O)C(F)(F)F. The summed E-state index contributed by atoms with van der Waals surface area (Å²) >= 11 is 0. The van der Waals surface area contributed by atoms with Gasteiger partial charge in [0.1, 0.15) is 6.10 Å². The molecule has 0 radical (unpaired) electrons. The number of unbranched alkanes of at least 4 members (excludes halogenated alkanes) is 6. The minimum Gasteiger partial charge on any atom is -0.456 e. The molecule has 0 fully saturated rings. The predicted octanol–water partition coefficient (Wildman–Crippen LogP) is 5.40. The van der Waals surface area contributed by atoms with Gasteiger partial charge in [-0.05, 0) is 19.3 Å². The summed E-state index contributed by atoms with van der Waals surface area (Å²) < 4.78 is 40.9. The highest BCUT2D eigenvalue weighted by atomic mass is 19.4. The third-order valence-corrected chi connectivity index (χ3v) is 3.25. The van der Waals surface area contributed by atoms with Crippen LogP contribution in [-0.2, 0) is 9.53 Å². The van der Waals surface area contributed by atoms with E-state index in [1.807, 2.05) is 6.92 Å². The summed E-state index contributed by atoms with van der Waals surface area (Å²) in [5, 5.41) is 0. The largest absolute Gasteiger partial charge is 0.490 e. The van der Waals surface area contributed by atoms with E-state index in [-0.39, 0.29) is 0 Å². The van der Waals surface area contributed by atoms with Crippen molar-refractivity contribution >= 4 is 5.97 Å². The molecule has 0 aliphatic heterocycles. The Kier molecular flexibility index (Phi) is 10.6. The van der Waals surface area contributed by atoms with Gasteiger partial charge in [0.25, 0.3) is 0 Å². The van der Waals surface area contributed by atoms with Crippen LogP contribution in [0.5, 0.6) is 0 Å². The number of hydrogen-bond acceptors (Lipinski definition) is 2. The van der Waals surface area contributed by atoms with E-state index in [1.165, 1.54) is 25.7 Å². The summed E-state index contributed by atoms with van der Waals surface area (Å²) in [5.74, 6) is -2.06. The minimum absolute atomic E-state index is 0.498. The molecule has 1 unspecified atom stereocenters. The second-order valence-electron chi connectivity index (χ2n) is 5.22. The highest BCUT2D eigenvalue weighted by Crippen LogP contribution is 2.21. The molecule has 0 saturated carbocycles. The fraction of sp³-hybridized carbons (Fsp3) is 0.933. The summed E-state index contributed by atoms with van der Waals surface area (Å²) in [6, 6.07) is 0. The molecule has 0 bridgehead atoms. The van der Waals surface area contributed by atoms with Gasteiger partial charge >= 0.3 is 12.1 Å². The Morgan fingerprint density at radius 1 is 0.900 bits per heavy atom. The van der Waals surface area contributed by atoms with Crippen molar-refractivity contribution in [1.82, 2.24) is 0 Å². The number of esters is 1. The summed E-state index contributed by atoms with van der Waals surface area (Å²) in [6.45, 7) is 4.03. The van der Waals surface area contributed by atoms with Crippen molar-refractivity contribution < 1.29 is 22.7 Å². The molecule has 0 aromatic rings. The average Bonchev–Trinajstić information content (AvgIpc) is 2.36. The van der Waals surface area contributed by atoms with E-state index in [1.54, 1.807) is 0 Å². The lowest BCUT2D eigenvalue weighted by Gasteiger charge is -2.18. The van der Waals surface area contributed by atoms with Crippen LogP contribution >= 0.6 is 0 Å². The van der Waals surface area contributed by atoms with E-state index in [9.17, 15) is 18.0 Å². The van der Waals surface area contributed by atoms with Crippen LogP contribution in [0.15, 0.2) is 0 Å². The molecule has 0 aromatic heterocycles. The maximum absolute atomic E-state index is 12.1. The van der Waals surface area contributed by atoms with Crippen molar-refractivity contribution in [2.24, 2.45) is 0 Å². The average molecular weight is 296 g/mol. The summed E-state index contributed by atoms with van der Waals surface area (Å²) in [7, 11) is 0. The molecule has 2 nitrogen and oxygen atoms in total. The van der Waals surface area contributed by atoms with Gasteiger partial charge in [0.05, 0.1) is 0 Å². The number of alkyl halides is 3. The van der Waals surface area contributed by atoms with Gasteiger partial charge < -0.3 is 4.74 Å². The highest BCUT2D eigenvalue weighted by Gasteiger charge is 2.42. The van der Waals surface area contributed by atoms with Gasteiger partial charge in [0.2, 0.25) is 0 Å². The lowest BCUT2D eigenvalue weighted by molar-refractivity contribution is -0.205. The maximum atomic E-state index is 12.1. The molecular formula is C15H27F3O2. The Bertz CT molecular complexity index is 252. The molecule has 0 amide bonds. The van der Waals surface area contributed by atoms with Crippen LogP contribution < -0.4 is 0 Å². The lowest BCUT2D eigenvalue weighted by Crippen LogP contribution is -2.30. The van der Waals surface area contributed by atoms with Crippen LogP contribution in [0, 0.1) is 0 Å². The van der Waals surface area contributed by atoms with E-state index in [2.05, 4.69) is 11.7 Å². The normalized spacial score (nSPS) is 13.2. The van der Waals surface area contributed by atoms with Crippen LogP contribution in [0.4, 0.5) is 13.2 Å². The first-order valence-corrected chi connectivity index (χ1v) is 7.69. The Balaban J connectivity index is 3.83. The molecule has 0 aliphatic carbocycles. The number of ether oxygens (including phenoxy) is 1. The van der Waals surface area contributed by atoms with Gasteiger partial charge in [0, 0.05) is 0 Å². The predicted molar refractivity (Wildman–Crippen MR) is 73.5 cm³/mol. The monoisotopic (exact) mass is 296 g/mol. The molecule has 0 saturated heterocycles. The fourth-order valence-corrected chi connectivity index (χ4v) is 2.13. The Morgan fingerprint density at radius 2 is 1.45 bits per heavy atom. The molecule has 1 atom stereocenters. The molecule has 0 N–H and O–H groups in total. The fourth-order valence-electron chi connectivity index (χ4n) is 2.13. The molecule has 20 heavy (non-hydrogen) atoms. The molecule has 0 aromatic carbocycles. The summed E-state index contributed by atoms with van der Waals surface area (Å²) in [5.41, 5.74) is 0. The Morgan fingerprint density at radius 3 is 1.95 bits per heavy atom. The molecule has 0 spiro atoms. The van der Waals surface area contributed by atoms with Crippen LogP contribution in [0.1, 0.15) is 78.1 Å². The zero-order valence-corrected chi connectivity index (χ0v) is 12.6. The quantitative estimate of drug-likeness (QED) is 0.377. The standard InChI is InChI=1S/C15H27F3O2/c1-3-5-6-7-8-9-10-12-13(11-4-2)20-14(19)15(16,17)18/h13H,3-12H2,1-2H3. The minimum atomic E-state index is -4.88. The second-order valence-corrected chi connectivity index (χ2v) is 5.22. The van der Waals surface area contributed by atoms with E-state index in [0.29, 0.717) is 19.3 Å². The third-order valence-electron chi connectivity index (χ3n) is 3.25. The Labute approximate surface area is 120 Å². The number of halogens is 3. The molecule has 0 heterocycles. The van der Waals surface area contributed by atoms with Crippen molar-refractivity contribution in [2.75, 3.05) is 0 Å². The maximum Gasteiger partial charge on any atom is 0.490 e. The highest BCUT2D eigenvalue weighted by molar-refractivity contribution is 5.75. The molecular weight excluding hydrogens is 269 g/mol. The van der Waals surface area contributed by atoms with Crippen LogP contribution in [0.3, 0.4) is 0 Å². The lowest BCUT2D eigenvalue weighted by atomic mass is 10.0. The van der Waals surface area contributed by atoms with Crippen LogP contribution in [-0.4, -0.2) is 18.2 Å². The number of hydrogen-bond donors (Lipinski definition) is 0. The van der Waals surface area contributed by atoms with Gasteiger partial charge in [-0.3, -0.25) is 0 Å². The van der Waals surface area contributed by atoms with E-state index in [4.69, 9.17) is 0 Å². The van der Waals surface area contributed by atoms with Crippen LogP contribution in [0.25, 0.3) is 0 Å². The molecule has 0 aliphatic rings. The van der Waals surface area contributed by atoms with Crippen LogP contribution in [0.2, 0.25) is 0 Å². The topological polar surface area (TPSA) is 26.3 Å². The molecule has 120 valence electrons. The van der Waals surface area contributed by atoms with Crippen molar-refractivity contribution in [1.29, 1.82) is 0 Å². The van der Waals surface area contributed by atoms with Gasteiger partial charge in [-0.1, -0.05) is 58.8 Å². The van der Waals surface area contributed by atoms with Crippen molar-refractivity contribution in [2.45, 2.75) is 90.3 Å². The van der Waals surface area contributed by atoms with Crippen molar-refractivity contribution in [3.8, 4) is 0 Å². The number of carbonyl (C=O) groups excluding carboxylic acids is 1. The first-order chi connectivity index (χ1) is 9.41. The number of rotatable bonds is 11. The smallest absolute Gasteiger partial charge is 0.456 e. The van der Waals surface area contributed by atoms with Gasteiger partial charge in [-0.25, -0.2) is 4.79 Å².